The van der Waals surface area contributed by atoms with Gasteiger partial charge in [-0.05, 0) is 49.6 Å². The van der Waals surface area contributed by atoms with E-state index in [2.05, 4.69) is 31.9 Å². The van der Waals surface area contributed by atoms with Crippen LogP contribution in [0.5, 0.6) is 0 Å². The Bertz CT molecular complexity index is 726. The van der Waals surface area contributed by atoms with Crippen LogP contribution in [0.1, 0.15) is 15.9 Å². The first-order valence-electron chi connectivity index (χ1n) is 6.03. The van der Waals surface area contributed by atoms with Crippen molar-refractivity contribution in [2.24, 2.45) is 0 Å². The third-order valence-electron chi connectivity index (χ3n) is 2.81. The van der Waals surface area contributed by atoms with E-state index < -0.39 is 10.9 Å². The standard InChI is InChI=1S/C14H10Br2N2O4/c15-11-5-9(6-12(16)13(11)17)14(19)22-7-8-2-1-3-10(4-8)18(20)21/h1-6H,7,17H2. The van der Waals surface area contributed by atoms with Gasteiger partial charge in [0.05, 0.1) is 16.2 Å². The van der Waals surface area contributed by atoms with Gasteiger partial charge in [0, 0.05) is 21.1 Å². The smallest absolute Gasteiger partial charge is 0.338 e. The molecule has 2 N–H and O–H groups in total. The number of carbonyl (C=O) groups excluding carboxylic acids is 1. The molecule has 2 aromatic carbocycles. The maximum absolute atomic E-state index is 12.0. The lowest BCUT2D eigenvalue weighted by Gasteiger charge is -2.08. The quantitative estimate of drug-likeness (QED) is 0.342. The molecule has 6 nitrogen and oxygen atoms in total. The van der Waals surface area contributed by atoms with E-state index in [0.717, 1.165) is 0 Å². The van der Waals surface area contributed by atoms with Crippen LogP contribution in [0.25, 0.3) is 0 Å². The molecule has 2 aromatic rings. The fourth-order valence-corrected chi connectivity index (χ4v) is 2.88. The largest absolute Gasteiger partial charge is 0.457 e. The fourth-order valence-electron chi connectivity index (χ4n) is 1.69. The number of nitrogen functional groups attached to an aromatic ring is 1. The number of anilines is 1. The average molecular weight is 430 g/mol. The van der Waals surface area contributed by atoms with Crippen molar-refractivity contribution in [2.45, 2.75) is 6.61 Å². The van der Waals surface area contributed by atoms with Gasteiger partial charge in [-0.15, -0.1) is 0 Å². The van der Waals surface area contributed by atoms with Crippen LogP contribution < -0.4 is 5.73 Å². The Labute approximate surface area is 142 Å². The molecule has 0 spiro atoms. The molecule has 0 heterocycles. The minimum absolute atomic E-state index is 0.0495. The van der Waals surface area contributed by atoms with E-state index in [4.69, 9.17) is 10.5 Å². The maximum atomic E-state index is 12.0. The summed E-state index contributed by atoms with van der Waals surface area (Å²) in [5, 5.41) is 10.7. The second kappa shape index (κ2) is 6.89. The third-order valence-corrected chi connectivity index (χ3v) is 4.12. The van der Waals surface area contributed by atoms with Crippen molar-refractivity contribution >= 4 is 49.2 Å². The van der Waals surface area contributed by atoms with Crippen molar-refractivity contribution < 1.29 is 14.5 Å². The second-order valence-electron chi connectivity index (χ2n) is 4.36. The number of halogens is 2. The van der Waals surface area contributed by atoms with Gasteiger partial charge in [0.1, 0.15) is 6.61 Å². The SMILES string of the molecule is Nc1c(Br)cc(C(=O)OCc2cccc([N+](=O)[O-])c2)cc1Br. The monoisotopic (exact) mass is 428 g/mol. The summed E-state index contributed by atoms with van der Waals surface area (Å²) in [5.74, 6) is -0.548. The highest BCUT2D eigenvalue weighted by Crippen LogP contribution is 2.30. The zero-order chi connectivity index (χ0) is 16.3. The number of nitro groups is 1. The summed E-state index contributed by atoms with van der Waals surface area (Å²) in [6.07, 6.45) is 0. The van der Waals surface area contributed by atoms with Crippen LogP contribution in [-0.2, 0) is 11.3 Å². The van der Waals surface area contributed by atoms with Crippen molar-refractivity contribution in [1.29, 1.82) is 0 Å². The molecule has 0 aliphatic carbocycles. The average Bonchev–Trinajstić information content (AvgIpc) is 2.50. The van der Waals surface area contributed by atoms with E-state index >= 15 is 0 Å². The van der Waals surface area contributed by atoms with Gasteiger partial charge in [-0.25, -0.2) is 4.79 Å². The van der Waals surface area contributed by atoms with Crippen LogP contribution in [-0.4, -0.2) is 10.9 Å². The van der Waals surface area contributed by atoms with Gasteiger partial charge in [-0.2, -0.15) is 0 Å². The van der Waals surface area contributed by atoms with Crippen molar-refractivity contribution in [3.05, 3.63) is 66.6 Å². The molecule has 8 heteroatoms. The zero-order valence-electron chi connectivity index (χ0n) is 11.1. The molecule has 0 radical (unpaired) electrons. The van der Waals surface area contributed by atoms with Crippen LogP contribution >= 0.6 is 31.9 Å². The highest BCUT2D eigenvalue weighted by Gasteiger charge is 2.13. The summed E-state index contributed by atoms with van der Waals surface area (Å²) >= 11 is 6.50. The molecule has 0 saturated heterocycles. The first-order chi connectivity index (χ1) is 10.4. The minimum atomic E-state index is -0.548. The molecule has 0 aliphatic heterocycles. The predicted molar refractivity (Wildman–Crippen MR) is 88.5 cm³/mol. The molecular weight excluding hydrogens is 420 g/mol. The first-order valence-corrected chi connectivity index (χ1v) is 7.62. The number of ether oxygens (including phenoxy) is 1. The molecule has 0 aliphatic rings. The van der Waals surface area contributed by atoms with Crippen molar-refractivity contribution in [3.63, 3.8) is 0 Å². The van der Waals surface area contributed by atoms with Crippen LogP contribution in [0, 0.1) is 10.1 Å². The van der Waals surface area contributed by atoms with Gasteiger partial charge in [0.15, 0.2) is 0 Å². The van der Waals surface area contributed by atoms with Gasteiger partial charge in [0.2, 0.25) is 0 Å². The molecule has 22 heavy (non-hydrogen) atoms. The molecule has 0 atom stereocenters. The second-order valence-corrected chi connectivity index (χ2v) is 6.07. The van der Waals surface area contributed by atoms with Gasteiger partial charge in [-0.3, -0.25) is 10.1 Å². The lowest BCUT2D eigenvalue weighted by atomic mass is 10.2. The van der Waals surface area contributed by atoms with Gasteiger partial charge in [0.25, 0.3) is 5.69 Å². The van der Waals surface area contributed by atoms with Gasteiger partial charge in [-0.1, -0.05) is 12.1 Å². The topological polar surface area (TPSA) is 95.5 Å². The highest BCUT2D eigenvalue weighted by molar-refractivity contribution is 9.11. The number of nitrogens with zero attached hydrogens (tertiary/aromatic N) is 1. The number of hydrogen-bond donors (Lipinski definition) is 1. The van der Waals surface area contributed by atoms with Gasteiger partial charge >= 0.3 is 5.97 Å². The lowest BCUT2D eigenvalue weighted by molar-refractivity contribution is -0.384. The number of carbonyl (C=O) groups is 1. The molecular formula is C14H10Br2N2O4. The zero-order valence-corrected chi connectivity index (χ0v) is 14.3. The number of esters is 1. The summed E-state index contributed by atoms with van der Waals surface area (Å²) in [7, 11) is 0. The van der Waals surface area contributed by atoms with E-state index in [1.807, 2.05) is 0 Å². The maximum Gasteiger partial charge on any atom is 0.338 e. The number of rotatable bonds is 4. The van der Waals surface area contributed by atoms with E-state index in [0.29, 0.717) is 25.8 Å². The Kier molecular flexibility index (Phi) is 5.15. The number of hydrogen-bond acceptors (Lipinski definition) is 5. The van der Waals surface area contributed by atoms with E-state index in [1.54, 1.807) is 18.2 Å². The highest BCUT2D eigenvalue weighted by atomic mass is 79.9. The summed E-state index contributed by atoms with van der Waals surface area (Å²) in [6.45, 7) is -0.0554. The van der Waals surface area contributed by atoms with Crippen molar-refractivity contribution in [3.8, 4) is 0 Å². The summed E-state index contributed by atoms with van der Waals surface area (Å²) in [6, 6.07) is 9.03. The Morgan fingerprint density at radius 1 is 1.23 bits per heavy atom. The Hall–Kier alpha value is -1.93. The molecule has 0 unspecified atom stereocenters. The van der Waals surface area contributed by atoms with E-state index in [1.165, 1.54) is 18.2 Å². The summed E-state index contributed by atoms with van der Waals surface area (Å²) in [5.41, 5.74) is 7.04. The number of non-ortho nitro benzene ring substituents is 1. The molecule has 0 fully saturated rings. The van der Waals surface area contributed by atoms with Gasteiger partial charge < -0.3 is 10.5 Å². The molecule has 2 rings (SSSR count). The summed E-state index contributed by atoms with van der Waals surface area (Å²) in [4.78, 5) is 22.2. The fraction of sp³-hybridized carbons (Fsp3) is 0.0714. The van der Waals surface area contributed by atoms with Crippen LogP contribution in [0.15, 0.2) is 45.3 Å². The van der Waals surface area contributed by atoms with Crippen LogP contribution in [0.4, 0.5) is 11.4 Å². The Morgan fingerprint density at radius 2 is 1.86 bits per heavy atom. The first kappa shape index (κ1) is 16.4. The van der Waals surface area contributed by atoms with Crippen molar-refractivity contribution in [1.82, 2.24) is 0 Å². The number of nitrogens with two attached hydrogens (primary N) is 1. The minimum Gasteiger partial charge on any atom is -0.457 e. The third kappa shape index (κ3) is 3.83. The number of benzene rings is 2. The van der Waals surface area contributed by atoms with Crippen LogP contribution in [0.2, 0.25) is 0 Å². The Balaban J connectivity index is 2.10. The van der Waals surface area contributed by atoms with E-state index in [9.17, 15) is 14.9 Å². The lowest BCUT2D eigenvalue weighted by Crippen LogP contribution is -2.06. The molecule has 0 bridgehead atoms. The molecule has 0 saturated carbocycles. The number of nitro benzene ring substituents is 1. The molecule has 0 aromatic heterocycles. The summed E-state index contributed by atoms with van der Waals surface area (Å²) < 4.78 is 6.30. The predicted octanol–water partition coefficient (Wildman–Crippen LogP) is 4.06. The molecule has 114 valence electrons. The Morgan fingerprint density at radius 3 is 2.45 bits per heavy atom. The van der Waals surface area contributed by atoms with Crippen LogP contribution in [0.3, 0.4) is 0 Å². The van der Waals surface area contributed by atoms with Crippen molar-refractivity contribution in [2.75, 3.05) is 5.73 Å². The van der Waals surface area contributed by atoms with E-state index in [-0.39, 0.29) is 12.3 Å². The molecule has 0 amide bonds. The normalized spacial score (nSPS) is 10.3.